The first-order valence-electron chi connectivity index (χ1n) is 14.9. The molecule has 5 aromatic carbocycles. The van der Waals surface area contributed by atoms with Gasteiger partial charge in [0.25, 0.3) is 0 Å². The van der Waals surface area contributed by atoms with Crippen LogP contribution in [0.2, 0.25) is 0 Å². The van der Waals surface area contributed by atoms with Crippen molar-refractivity contribution in [2.24, 2.45) is 0 Å². The van der Waals surface area contributed by atoms with Crippen LogP contribution in [0.5, 0.6) is 5.75 Å². The molecule has 0 unspecified atom stereocenters. The standard InChI is InChI=1S/C38H34N4O.Pt/c1-25(2)28-16-12-17-29(26(3)4)37(28)42-34-22-13-21-33(36(34)39-38(42)27-14-6-5-7-15-27)41-24-40(30-18-8-9-19-31(30)41)32-20-10-11-23-35(32)43;/h5-14,16-26,43H,1-4H3;/q-2;+2. The fourth-order valence-corrected chi connectivity index (χ4v) is 6.15. The zero-order valence-electron chi connectivity index (χ0n) is 25.2. The third-order valence-corrected chi connectivity index (χ3v) is 8.21. The fourth-order valence-electron chi connectivity index (χ4n) is 6.15. The average molecular weight is 758 g/mol. The van der Waals surface area contributed by atoms with Crippen molar-refractivity contribution >= 4 is 33.8 Å². The van der Waals surface area contributed by atoms with E-state index in [0.717, 1.165) is 45.2 Å². The molecule has 1 aliphatic rings. The molecule has 0 aliphatic carbocycles. The molecule has 5 nitrogen and oxygen atoms in total. The van der Waals surface area contributed by atoms with E-state index in [2.05, 4.69) is 97.8 Å². The summed E-state index contributed by atoms with van der Waals surface area (Å²) in [5.74, 6) is 1.75. The third-order valence-electron chi connectivity index (χ3n) is 8.21. The Bertz CT molecular complexity index is 1920. The van der Waals surface area contributed by atoms with E-state index in [-0.39, 0.29) is 26.8 Å². The summed E-state index contributed by atoms with van der Waals surface area (Å²) in [4.78, 5) is 9.61. The largest absolute Gasteiger partial charge is 2.00 e. The van der Waals surface area contributed by atoms with Crippen molar-refractivity contribution in [3.63, 3.8) is 0 Å². The third kappa shape index (κ3) is 4.90. The minimum Gasteiger partial charge on any atom is -0.506 e. The normalized spacial score (nSPS) is 12.7. The molecule has 0 radical (unpaired) electrons. The number of phenolic OH excluding ortho intramolecular Hbond substituents is 1. The van der Waals surface area contributed by atoms with Crippen LogP contribution >= 0.6 is 0 Å². The molecule has 0 atom stereocenters. The van der Waals surface area contributed by atoms with Crippen LogP contribution in [0, 0.1) is 12.7 Å². The summed E-state index contributed by atoms with van der Waals surface area (Å²) in [6, 6.07) is 40.3. The monoisotopic (exact) mass is 757 g/mol. The zero-order valence-corrected chi connectivity index (χ0v) is 27.4. The number of hydrogen-bond donors (Lipinski definition) is 1. The van der Waals surface area contributed by atoms with Crippen molar-refractivity contribution in [2.45, 2.75) is 39.5 Å². The van der Waals surface area contributed by atoms with Gasteiger partial charge in [-0.2, -0.15) is 0 Å². The molecule has 6 heteroatoms. The number of aromatic nitrogens is 2. The fraction of sp³-hybridized carbons (Fsp3) is 0.158. The summed E-state index contributed by atoms with van der Waals surface area (Å²) in [5.41, 5.74) is 10.3. The number of anilines is 4. The van der Waals surface area contributed by atoms with E-state index in [1.807, 2.05) is 60.1 Å². The van der Waals surface area contributed by atoms with Gasteiger partial charge in [0, 0.05) is 22.7 Å². The maximum Gasteiger partial charge on any atom is 2.00 e. The number of aromatic hydroxyl groups is 1. The Morgan fingerprint density at radius 2 is 1.23 bits per heavy atom. The zero-order chi connectivity index (χ0) is 29.7. The minimum absolute atomic E-state index is 0. The Kier molecular flexibility index (Phi) is 8.09. The molecule has 0 amide bonds. The molecular formula is C38H34N4OPt. The summed E-state index contributed by atoms with van der Waals surface area (Å²) in [6.07, 6.45) is 0. The smallest absolute Gasteiger partial charge is 0.506 e. The Morgan fingerprint density at radius 3 is 1.84 bits per heavy atom. The van der Waals surface area contributed by atoms with Crippen molar-refractivity contribution in [2.75, 3.05) is 9.80 Å². The first-order chi connectivity index (χ1) is 20.9. The van der Waals surface area contributed by atoms with E-state index in [1.165, 1.54) is 16.8 Å². The van der Waals surface area contributed by atoms with E-state index in [9.17, 15) is 5.11 Å². The van der Waals surface area contributed by atoms with Crippen molar-refractivity contribution in [1.82, 2.24) is 9.55 Å². The number of rotatable bonds is 6. The van der Waals surface area contributed by atoms with Gasteiger partial charge in [0.15, 0.2) is 0 Å². The Balaban J connectivity index is 0.00000343. The molecule has 2 heterocycles. The predicted octanol–water partition coefficient (Wildman–Crippen LogP) is 9.85. The van der Waals surface area contributed by atoms with Crippen LogP contribution < -0.4 is 9.80 Å². The van der Waals surface area contributed by atoms with Gasteiger partial charge in [0.05, 0.1) is 22.5 Å². The topological polar surface area (TPSA) is 44.5 Å². The number of nitrogens with zero attached hydrogens (tertiary/aromatic N) is 4. The molecule has 1 aromatic heterocycles. The number of para-hydroxylation sites is 6. The van der Waals surface area contributed by atoms with Gasteiger partial charge in [-0.05, 0) is 59.4 Å². The number of phenols is 1. The van der Waals surface area contributed by atoms with Crippen LogP contribution in [0.25, 0.3) is 28.1 Å². The van der Waals surface area contributed by atoms with Crippen molar-refractivity contribution in [3.8, 4) is 22.8 Å². The van der Waals surface area contributed by atoms with Crippen LogP contribution in [0.15, 0.2) is 109 Å². The van der Waals surface area contributed by atoms with Gasteiger partial charge in [-0.1, -0.05) is 76.2 Å². The van der Waals surface area contributed by atoms with E-state index in [0.29, 0.717) is 11.8 Å². The van der Waals surface area contributed by atoms with Crippen LogP contribution in [0.3, 0.4) is 0 Å². The van der Waals surface area contributed by atoms with Gasteiger partial charge < -0.3 is 19.5 Å². The molecule has 7 rings (SSSR count). The van der Waals surface area contributed by atoms with Crippen molar-refractivity contribution in [1.29, 1.82) is 0 Å². The average Bonchev–Trinajstić information content (AvgIpc) is 3.60. The maximum atomic E-state index is 10.8. The van der Waals surface area contributed by atoms with E-state index in [1.54, 1.807) is 6.07 Å². The predicted molar refractivity (Wildman–Crippen MR) is 177 cm³/mol. The van der Waals surface area contributed by atoms with Gasteiger partial charge in [0.1, 0.15) is 5.75 Å². The number of hydrogen-bond acceptors (Lipinski definition) is 4. The summed E-state index contributed by atoms with van der Waals surface area (Å²) in [7, 11) is 0. The Morgan fingerprint density at radius 1 is 0.659 bits per heavy atom. The molecule has 0 fully saturated rings. The van der Waals surface area contributed by atoms with Gasteiger partial charge >= 0.3 is 21.1 Å². The molecule has 0 saturated carbocycles. The number of fused-ring (bicyclic) bond motifs is 2. The molecule has 6 aromatic rings. The Labute approximate surface area is 273 Å². The second-order valence-electron chi connectivity index (χ2n) is 11.6. The second-order valence-corrected chi connectivity index (χ2v) is 11.6. The van der Waals surface area contributed by atoms with Crippen LogP contribution in [0.1, 0.15) is 50.7 Å². The SMILES string of the molecule is CC(C)c1cccc(C(C)C)c1-n1c(-c2[c-]cccc2)nc2c(N3[CH-]N(c4ccccc4O)c4ccccc43)cccc21.[Pt+2]. The second kappa shape index (κ2) is 12.0. The van der Waals surface area contributed by atoms with E-state index >= 15 is 0 Å². The van der Waals surface area contributed by atoms with Crippen LogP contribution in [-0.4, -0.2) is 14.7 Å². The maximum absolute atomic E-state index is 10.8. The molecule has 0 saturated heterocycles. The van der Waals surface area contributed by atoms with Gasteiger partial charge in [-0.15, -0.1) is 42.6 Å². The minimum atomic E-state index is 0. The van der Waals surface area contributed by atoms with E-state index in [4.69, 9.17) is 4.98 Å². The molecule has 1 aliphatic heterocycles. The number of imidazole rings is 1. The number of benzene rings is 5. The molecule has 0 spiro atoms. The molecule has 1 N–H and O–H groups in total. The Hall–Kier alpha value is -4.34. The molecular weight excluding hydrogens is 724 g/mol. The first kappa shape index (κ1) is 29.7. The first-order valence-corrected chi connectivity index (χ1v) is 14.9. The van der Waals surface area contributed by atoms with Crippen LogP contribution in [-0.2, 0) is 21.1 Å². The van der Waals surface area contributed by atoms with E-state index < -0.39 is 0 Å². The summed E-state index contributed by atoms with van der Waals surface area (Å²) in [5, 5.41) is 10.8. The molecule has 0 bridgehead atoms. The van der Waals surface area contributed by atoms with Crippen LogP contribution in [0.4, 0.5) is 22.7 Å². The molecule has 222 valence electrons. The van der Waals surface area contributed by atoms with Gasteiger partial charge in [0.2, 0.25) is 0 Å². The summed E-state index contributed by atoms with van der Waals surface area (Å²) < 4.78 is 2.35. The summed E-state index contributed by atoms with van der Waals surface area (Å²) in [6.45, 7) is 11.1. The summed E-state index contributed by atoms with van der Waals surface area (Å²) >= 11 is 0. The quantitative estimate of drug-likeness (QED) is 0.172. The van der Waals surface area contributed by atoms with Gasteiger partial charge in [-0.25, -0.2) is 0 Å². The van der Waals surface area contributed by atoms with Crippen molar-refractivity contribution in [3.05, 3.63) is 133 Å². The molecule has 44 heavy (non-hydrogen) atoms. The van der Waals surface area contributed by atoms with Crippen molar-refractivity contribution < 1.29 is 26.2 Å². The van der Waals surface area contributed by atoms with Gasteiger partial charge in [-0.3, -0.25) is 4.98 Å².